The van der Waals surface area contributed by atoms with E-state index in [4.69, 9.17) is 4.74 Å². The Morgan fingerprint density at radius 2 is 1.72 bits per heavy atom. The molecule has 0 aliphatic heterocycles. The maximum Gasteiger partial charge on any atom is 0.325 e. The van der Waals surface area contributed by atoms with Gasteiger partial charge in [0.05, 0.1) is 19.3 Å². The van der Waals surface area contributed by atoms with Crippen LogP contribution in [0, 0.1) is 6.92 Å². The van der Waals surface area contributed by atoms with Gasteiger partial charge >= 0.3 is 5.97 Å². The molecule has 0 aliphatic carbocycles. The van der Waals surface area contributed by atoms with Crippen molar-refractivity contribution >= 4 is 16.9 Å². The number of nitrogens with zero attached hydrogens (tertiary/aromatic N) is 3. The van der Waals surface area contributed by atoms with Gasteiger partial charge in [0.2, 0.25) is 0 Å². The highest BCUT2D eigenvalue weighted by Crippen LogP contribution is 2.33. The second kappa shape index (κ2) is 7.75. The van der Waals surface area contributed by atoms with Crippen molar-refractivity contribution in [1.29, 1.82) is 0 Å². The lowest BCUT2D eigenvalue weighted by molar-refractivity contribution is -0.141. The van der Waals surface area contributed by atoms with Gasteiger partial charge < -0.3 is 9.30 Å². The Bertz CT molecular complexity index is 1240. The summed E-state index contributed by atoms with van der Waals surface area (Å²) in [4.78, 5) is 24.3. The predicted molar refractivity (Wildman–Crippen MR) is 112 cm³/mol. The summed E-state index contributed by atoms with van der Waals surface area (Å²) in [6, 6.07) is 20.9. The number of ether oxygens (including phenoxy) is 1. The number of aromatic nitrogens is 3. The molecular weight excluding hydrogens is 366 g/mol. The Labute approximate surface area is 168 Å². The lowest BCUT2D eigenvalue weighted by atomic mass is 10.1. The van der Waals surface area contributed by atoms with Crippen LogP contribution in [0.25, 0.3) is 22.2 Å². The summed E-state index contributed by atoms with van der Waals surface area (Å²) in [6.07, 6.45) is 0. The Hall–Kier alpha value is -3.67. The number of rotatable bonds is 5. The standard InChI is InChI=1S/C23H21N3O3/c1-16-23(18-10-6-7-11-20(18)25(16)15-22(28)29-2)19-12-13-21(27)26(24-19)14-17-8-4-3-5-9-17/h3-13H,14-15H2,1-2H3. The number of methoxy groups -OCH3 is 1. The first-order valence-electron chi connectivity index (χ1n) is 9.35. The molecule has 0 saturated heterocycles. The normalized spacial score (nSPS) is 11.0. The Morgan fingerprint density at radius 3 is 2.48 bits per heavy atom. The molecule has 2 aromatic heterocycles. The van der Waals surface area contributed by atoms with E-state index in [-0.39, 0.29) is 18.1 Å². The van der Waals surface area contributed by atoms with E-state index in [1.165, 1.54) is 17.9 Å². The van der Waals surface area contributed by atoms with Crippen LogP contribution in [0.1, 0.15) is 11.3 Å². The molecule has 0 atom stereocenters. The minimum Gasteiger partial charge on any atom is -0.468 e. The maximum atomic E-state index is 12.4. The van der Waals surface area contributed by atoms with Crippen molar-refractivity contribution in [1.82, 2.24) is 14.3 Å². The number of hydrogen-bond donors (Lipinski definition) is 0. The van der Waals surface area contributed by atoms with E-state index in [9.17, 15) is 9.59 Å². The fourth-order valence-corrected chi connectivity index (χ4v) is 3.60. The molecule has 0 saturated carbocycles. The third kappa shape index (κ3) is 3.57. The van der Waals surface area contributed by atoms with Crippen molar-refractivity contribution in [3.8, 4) is 11.3 Å². The molecule has 0 unspecified atom stereocenters. The van der Waals surface area contributed by atoms with Gasteiger partial charge in [0.15, 0.2) is 0 Å². The first-order valence-corrected chi connectivity index (χ1v) is 9.35. The molecule has 0 radical (unpaired) electrons. The minimum atomic E-state index is -0.317. The molecule has 4 aromatic rings. The van der Waals surface area contributed by atoms with Gasteiger partial charge in [0.1, 0.15) is 6.54 Å². The van der Waals surface area contributed by atoms with Gasteiger partial charge in [-0.05, 0) is 24.6 Å². The molecule has 6 nitrogen and oxygen atoms in total. The van der Waals surface area contributed by atoms with Crippen molar-refractivity contribution in [3.05, 3.63) is 88.3 Å². The van der Waals surface area contributed by atoms with Crippen LogP contribution in [-0.2, 0) is 22.6 Å². The van der Waals surface area contributed by atoms with E-state index in [0.29, 0.717) is 12.2 Å². The molecule has 0 fully saturated rings. The molecule has 4 rings (SSSR count). The number of para-hydroxylation sites is 1. The van der Waals surface area contributed by atoms with Crippen LogP contribution >= 0.6 is 0 Å². The first-order chi connectivity index (χ1) is 14.1. The molecule has 2 heterocycles. The van der Waals surface area contributed by atoms with Crippen LogP contribution in [0.4, 0.5) is 0 Å². The van der Waals surface area contributed by atoms with Gasteiger partial charge in [-0.25, -0.2) is 4.68 Å². The second-order valence-electron chi connectivity index (χ2n) is 6.84. The summed E-state index contributed by atoms with van der Waals surface area (Å²) < 4.78 is 8.24. The van der Waals surface area contributed by atoms with Crippen LogP contribution < -0.4 is 5.56 Å². The Morgan fingerprint density at radius 1 is 1.00 bits per heavy atom. The van der Waals surface area contributed by atoms with Gasteiger partial charge in [-0.2, -0.15) is 5.10 Å². The third-order valence-electron chi connectivity index (χ3n) is 5.04. The fourth-order valence-electron chi connectivity index (χ4n) is 3.60. The summed E-state index contributed by atoms with van der Waals surface area (Å²) in [7, 11) is 1.38. The molecule has 0 aliphatic rings. The fraction of sp³-hybridized carbons (Fsp3) is 0.174. The van der Waals surface area contributed by atoms with Gasteiger partial charge in [-0.1, -0.05) is 48.5 Å². The zero-order valence-electron chi connectivity index (χ0n) is 16.3. The summed E-state index contributed by atoms with van der Waals surface area (Å²) >= 11 is 0. The largest absolute Gasteiger partial charge is 0.468 e. The van der Waals surface area contributed by atoms with Gasteiger partial charge in [0, 0.05) is 28.2 Å². The van der Waals surface area contributed by atoms with Crippen molar-refractivity contribution < 1.29 is 9.53 Å². The van der Waals surface area contributed by atoms with Crippen LogP contribution in [0.2, 0.25) is 0 Å². The molecule has 0 bridgehead atoms. The van der Waals surface area contributed by atoms with Crippen molar-refractivity contribution in [3.63, 3.8) is 0 Å². The van der Waals surface area contributed by atoms with E-state index in [2.05, 4.69) is 5.10 Å². The smallest absolute Gasteiger partial charge is 0.325 e. The Balaban J connectivity index is 1.85. The van der Waals surface area contributed by atoms with Gasteiger partial charge in [-0.3, -0.25) is 9.59 Å². The molecule has 0 N–H and O–H groups in total. The molecule has 6 heteroatoms. The van der Waals surface area contributed by atoms with E-state index in [0.717, 1.165) is 27.7 Å². The Kier molecular flexibility index (Phi) is 4.99. The topological polar surface area (TPSA) is 66.1 Å². The number of fused-ring (bicyclic) bond motifs is 1. The van der Waals surface area contributed by atoms with Gasteiger partial charge in [-0.15, -0.1) is 0 Å². The zero-order valence-corrected chi connectivity index (χ0v) is 16.3. The van der Waals surface area contributed by atoms with Crippen LogP contribution in [0.3, 0.4) is 0 Å². The number of esters is 1. The molecule has 2 aromatic carbocycles. The lowest BCUT2D eigenvalue weighted by Crippen LogP contribution is -2.22. The highest BCUT2D eigenvalue weighted by molar-refractivity contribution is 5.97. The maximum absolute atomic E-state index is 12.4. The monoisotopic (exact) mass is 387 g/mol. The van der Waals surface area contributed by atoms with E-state index in [1.54, 1.807) is 6.07 Å². The second-order valence-corrected chi connectivity index (χ2v) is 6.84. The summed E-state index contributed by atoms with van der Waals surface area (Å²) in [5.74, 6) is -0.317. The average molecular weight is 387 g/mol. The summed E-state index contributed by atoms with van der Waals surface area (Å²) in [5, 5.41) is 5.61. The third-order valence-corrected chi connectivity index (χ3v) is 5.04. The minimum absolute atomic E-state index is 0.118. The highest BCUT2D eigenvalue weighted by Gasteiger charge is 2.19. The predicted octanol–water partition coefficient (Wildman–Crippen LogP) is 3.39. The van der Waals surface area contributed by atoms with Crippen LogP contribution in [0.15, 0.2) is 71.5 Å². The average Bonchev–Trinajstić information content (AvgIpc) is 3.02. The highest BCUT2D eigenvalue weighted by atomic mass is 16.5. The molecular formula is C23H21N3O3. The number of benzene rings is 2. The SMILES string of the molecule is COC(=O)Cn1c(C)c(-c2ccc(=O)n(Cc3ccccc3)n2)c2ccccc21. The van der Waals surface area contributed by atoms with E-state index >= 15 is 0 Å². The van der Waals surface area contributed by atoms with Crippen molar-refractivity contribution in [2.75, 3.05) is 7.11 Å². The molecule has 146 valence electrons. The van der Waals surface area contributed by atoms with E-state index in [1.807, 2.05) is 66.1 Å². The quantitative estimate of drug-likeness (QED) is 0.492. The van der Waals surface area contributed by atoms with Crippen molar-refractivity contribution in [2.24, 2.45) is 0 Å². The summed E-state index contributed by atoms with van der Waals surface area (Å²) in [5.41, 5.74) is 4.27. The zero-order chi connectivity index (χ0) is 20.4. The molecule has 0 amide bonds. The summed E-state index contributed by atoms with van der Waals surface area (Å²) in [6.45, 7) is 2.46. The number of hydrogen-bond acceptors (Lipinski definition) is 4. The lowest BCUT2D eigenvalue weighted by Gasteiger charge is -2.09. The van der Waals surface area contributed by atoms with Crippen molar-refractivity contribution in [2.45, 2.75) is 20.0 Å². The first kappa shape index (κ1) is 18.7. The van der Waals surface area contributed by atoms with E-state index < -0.39 is 0 Å². The number of carbonyl (C=O) groups is 1. The van der Waals surface area contributed by atoms with Crippen LogP contribution in [-0.4, -0.2) is 27.4 Å². The van der Waals surface area contributed by atoms with Gasteiger partial charge in [0.25, 0.3) is 5.56 Å². The number of carbonyl (C=O) groups excluding carboxylic acids is 1. The molecule has 29 heavy (non-hydrogen) atoms. The van der Waals surface area contributed by atoms with Crippen LogP contribution in [0.5, 0.6) is 0 Å². The molecule has 0 spiro atoms.